The zero-order valence-corrected chi connectivity index (χ0v) is 8.72. The van der Waals surface area contributed by atoms with Crippen LogP contribution in [0.15, 0.2) is 42.7 Å². The number of nitrogens with two attached hydrogens (primary N) is 1. The van der Waals surface area contributed by atoms with Gasteiger partial charge in [0.1, 0.15) is 5.75 Å². The first-order chi connectivity index (χ1) is 7.75. The summed E-state index contributed by atoms with van der Waals surface area (Å²) >= 11 is 0. The Kier molecular flexibility index (Phi) is 2.91. The smallest absolute Gasteiger partial charge is 0.115 e. The Morgan fingerprint density at radius 3 is 2.62 bits per heavy atom. The van der Waals surface area contributed by atoms with Gasteiger partial charge in [-0.2, -0.15) is 0 Å². The maximum absolute atomic E-state index is 9.14. The number of pyridine rings is 1. The van der Waals surface area contributed by atoms with Crippen molar-refractivity contribution in [3.05, 3.63) is 48.3 Å². The normalized spacial score (nSPS) is 10.0. The van der Waals surface area contributed by atoms with E-state index in [0.29, 0.717) is 12.2 Å². The van der Waals surface area contributed by atoms with Gasteiger partial charge in [0.2, 0.25) is 0 Å². The average molecular weight is 215 g/mol. The number of benzene rings is 1. The summed E-state index contributed by atoms with van der Waals surface area (Å²) in [6.45, 7) is 0.661. The highest BCUT2D eigenvalue weighted by Gasteiger charge is 1.98. The summed E-state index contributed by atoms with van der Waals surface area (Å²) in [5.41, 5.74) is 8.31. The van der Waals surface area contributed by atoms with E-state index in [1.54, 1.807) is 24.5 Å². The van der Waals surface area contributed by atoms with E-state index in [-0.39, 0.29) is 5.75 Å². The minimum Gasteiger partial charge on any atom is -0.508 e. The topological polar surface area (TPSA) is 71.2 Å². The molecule has 0 atom stereocenters. The summed E-state index contributed by atoms with van der Waals surface area (Å²) in [7, 11) is 0. The average Bonchev–Trinajstić information content (AvgIpc) is 2.30. The molecule has 82 valence electrons. The van der Waals surface area contributed by atoms with E-state index in [1.165, 1.54) is 0 Å². The minimum absolute atomic E-state index is 0.271. The van der Waals surface area contributed by atoms with Crippen molar-refractivity contribution in [3.63, 3.8) is 0 Å². The third-order valence-corrected chi connectivity index (χ3v) is 2.27. The van der Waals surface area contributed by atoms with Crippen LogP contribution in [-0.2, 0) is 6.54 Å². The number of phenolic OH excluding ortho intramolecular Hbond substituents is 1. The van der Waals surface area contributed by atoms with Crippen LogP contribution in [0.3, 0.4) is 0 Å². The molecular formula is C12H13N3O. The Labute approximate surface area is 93.8 Å². The SMILES string of the molecule is Nc1cnccc1NCc1ccc(O)cc1. The molecule has 16 heavy (non-hydrogen) atoms. The van der Waals surface area contributed by atoms with Crippen molar-refractivity contribution in [2.45, 2.75) is 6.54 Å². The van der Waals surface area contributed by atoms with Crippen molar-refractivity contribution in [1.29, 1.82) is 0 Å². The molecule has 2 rings (SSSR count). The van der Waals surface area contributed by atoms with Crippen LogP contribution in [0, 0.1) is 0 Å². The molecule has 1 aromatic heterocycles. The van der Waals surface area contributed by atoms with Gasteiger partial charge < -0.3 is 16.2 Å². The van der Waals surface area contributed by atoms with Gasteiger partial charge in [-0.1, -0.05) is 12.1 Å². The third-order valence-electron chi connectivity index (χ3n) is 2.27. The number of nitrogens with one attached hydrogen (secondary N) is 1. The van der Waals surface area contributed by atoms with E-state index in [4.69, 9.17) is 10.8 Å². The van der Waals surface area contributed by atoms with Crippen LogP contribution in [0.1, 0.15) is 5.56 Å². The number of aromatic hydroxyl groups is 1. The quantitative estimate of drug-likeness (QED) is 0.732. The summed E-state index contributed by atoms with van der Waals surface area (Å²) < 4.78 is 0. The predicted molar refractivity (Wildman–Crippen MR) is 64.1 cm³/mol. The molecule has 0 amide bonds. The van der Waals surface area contributed by atoms with Gasteiger partial charge in [-0.05, 0) is 23.8 Å². The Morgan fingerprint density at radius 2 is 1.94 bits per heavy atom. The fourth-order valence-corrected chi connectivity index (χ4v) is 1.38. The molecule has 0 unspecified atom stereocenters. The van der Waals surface area contributed by atoms with Crippen LogP contribution in [0.5, 0.6) is 5.75 Å². The maximum Gasteiger partial charge on any atom is 0.115 e. The fourth-order valence-electron chi connectivity index (χ4n) is 1.38. The van der Waals surface area contributed by atoms with Gasteiger partial charge in [0.15, 0.2) is 0 Å². The molecule has 0 saturated heterocycles. The molecule has 0 spiro atoms. The Bertz CT molecular complexity index is 468. The van der Waals surface area contributed by atoms with Gasteiger partial charge in [-0.15, -0.1) is 0 Å². The number of nitrogen functional groups attached to an aromatic ring is 1. The number of phenols is 1. The number of hydrogen-bond donors (Lipinski definition) is 3. The van der Waals surface area contributed by atoms with Crippen LogP contribution >= 0.6 is 0 Å². The van der Waals surface area contributed by atoms with Crippen LogP contribution in [0.4, 0.5) is 11.4 Å². The summed E-state index contributed by atoms with van der Waals surface area (Å²) in [5, 5.41) is 12.3. The second kappa shape index (κ2) is 4.53. The molecule has 4 nitrogen and oxygen atoms in total. The van der Waals surface area contributed by atoms with E-state index in [0.717, 1.165) is 11.3 Å². The second-order valence-corrected chi connectivity index (χ2v) is 3.48. The molecule has 4 N–H and O–H groups in total. The second-order valence-electron chi connectivity index (χ2n) is 3.48. The Balaban J connectivity index is 2.02. The molecule has 2 aromatic rings. The van der Waals surface area contributed by atoms with Crippen molar-refractivity contribution in [1.82, 2.24) is 4.98 Å². The molecule has 0 fully saturated rings. The first-order valence-electron chi connectivity index (χ1n) is 4.97. The van der Waals surface area contributed by atoms with E-state index < -0.39 is 0 Å². The number of rotatable bonds is 3. The van der Waals surface area contributed by atoms with Crippen LogP contribution in [0.2, 0.25) is 0 Å². The highest BCUT2D eigenvalue weighted by atomic mass is 16.3. The minimum atomic E-state index is 0.271. The summed E-state index contributed by atoms with van der Waals surface area (Å²) in [6.07, 6.45) is 3.30. The zero-order valence-electron chi connectivity index (χ0n) is 8.72. The van der Waals surface area contributed by atoms with Gasteiger partial charge in [0.25, 0.3) is 0 Å². The molecule has 4 heteroatoms. The molecule has 0 aliphatic carbocycles. The lowest BCUT2D eigenvalue weighted by molar-refractivity contribution is 0.475. The first-order valence-corrected chi connectivity index (χ1v) is 4.97. The van der Waals surface area contributed by atoms with Crippen molar-refractivity contribution in [3.8, 4) is 5.75 Å². The van der Waals surface area contributed by atoms with E-state index >= 15 is 0 Å². The monoisotopic (exact) mass is 215 g/mol. The van der Waals surface area contributed by atoms with Gasteiger partial charge in [-0.25, -0.2) is 0 Å². The molecule has 1 aromatic carbocycles. The highest BCUT2D eigenvalue weighted by molar-refractivity contribution is 5.64. The Morgan fingerprint density at radius 1 is 1.19 bits per heavy atom. The van der Waals surface area contributed by atoms with Crippen molar-refractivity contribution in [2.24, 2.45) is 0 Å². The van der Waals surface area contributed by atoms with Gasteiger partial charge in [0, 0.05) is 12.7 Å². The van der Waals surface area contributed by atoms with Crippen molar-refractivity contribution >= 4 is 11.4 Å². The summed E-state index contributed by atoms with van der Waals surface area (Å²) in [5.74, 6) is 0.271. The van der Waals surface area contributed by atoms with E-state index in [9.17, 15) is 0 Å². The Hall–Kier alpha value is -2.23. The first kappa shape index (κ1) is 10.3. The van der Waals surface area contributed by atoms with Crippen molar-refractivity contribution in [2.75, 3.05) is 11.1 Å². The molecule has 0 aliphatic heterocycles. The molecule has 0 aliphatic rings. The lowest BCUT2D eigenvalue weighted by Crippen LogP contribution is -2.02. The molecule has 0 saturated carbocycles. The zero-order chi connectivity index (χ0) is 11.4. The largest absolute Gasteiger partial charge is 0.508 e. The van der Waals surface area contributed by atoms with Crippen LogP contribution in [-0.4, -0.2) is 10.1 Å². The molecule has 0 radical (unpaired) electrons. The van der Waals surface area contributed by atoms with Crippen molar-refractivity contribution < 1.29 is 5.11 Å². The predicted octanol–water partition coefficient (Wildman–Crippen LogP) is 1.98. The number of hydrogen-bond acceptors (Lipinski definition) is 4. The summed E-state index contributed by atoms with van der Waals surface area (Å²) in [6, 6.07) is 8.87. The number of nitrogens with zero attached hydrogens (tertiary/aromatic N) is 1. The summed E-state index contributed by atoms with van der Waals surface area (Å²) in [4.78, 5) is 3.91. The highest BCUT2D eigenvalue weighted by Crippen LogP contribution is 2.17. The third kappa shape index (κ3) is 2.42. The lowest BCUT2D eigenvalue weighted by atomic mass is 10.2. The standard InChI is InChI=1S/C12H13N3O/c13-11-8-14-6-5-12(11)15-7-9-1-3-10(16)4-2-9/h1-6,8,16H,7,13H2,(H,14,15). The van der Waals surface area contributed by atoms with Gasteiger partial charge in [-0.3, -0.25) is 4.98 Å². The van der Waals surface area contributed by atoms with Crippen LogP contribution in [0.25, 0.3) is 0 Å². The molecule has 1 heterocycles. The molecular weight excluding hydrogens is 202 g/mol. The van der Waals surface area contributed by atoms with Crippen LogP contribution < -0.4 is 11.1 Å². The lowest BCUT2D eigenvalue weighted by Gasteiger charge is -2.08. The van der Waals surface area contributed by atoms with Gasteiger partial charge >= 0.3 is 0 Å². The van der Waals surface area contributed by atoms with E-state index in [1.807, 2.05) is 18.2 Å². The number of aromatic nitrogens is 1. The molecule has 0 bridgehead atoms. The van der Waals surface area contributed by atoms with Gasteiger partial charge in [0.05, 0.1) is 17.6 Å². The maximum atomic E-state index is 9.14. The van der Waals surface area contributed by atoms with E-state index in [2.05, 4.69) is 10.3 Å². The number of anilines is 2. The fraction of sp³-hybridized carbons (Fsp3) is 0.0833.